The van der Waals surface area contributed by atoms with E-state index in [4.69, 9.17) is 18.6 Å². The van der Waals surface area contributed by atoms with Crippen molar-refractivity contribution in [2.24, 2.45) is 0 Å². The minimum atomic E-state index is -0.468. The van der Waals surface area contributed by atoms with Crippen molar-refractivity contribution < 1.29 is 18.6 Å². The molecule has 0 amide bonds. The van der Waals surface area contributed by atoms with Crippen LogP contribution in [0.1, 0.15) is 217 Å². The predicted molar refractivity (Wildman–Crippen MR) is 278 cm³/mol. The molecule has 5 aromatic carbocycles. The van der Waals surface area contributed by atoms with Gasteiger partial charge in [-0.1, -0.05) is 185 Å². The van der Waals surface area contributed by atoms with Gasteiger partial charge < -0.3 is 23.2 Å². The molecule has 0 radical (unpaired) electrons. The second kappa shape index (κ2) is 19.8. The second-order valence-electron chi connectivity index (χ2n) is 22.3. The molecule has 8 rings (SSSR count). The molecule has 2 aliphatic heterocycles. The topological polar surface area (TPSA) is 41.9 Å². The molecule has 0 spiro atoms. The highest BCUT2D eigenvalue weighted by molar-refractivity contribution is 6.69. The normalized spacial score (nSPS) is 18.3. The average molecular weight is 868 g/mol. The fraction of sp³-hybridized carbons (Fsp3) is 0.649. The molecule has 2 saturated heterocycles. The smallest absolute Gasteiger partial charge is 0.399 e. The highest BCUT2D eigenvalue weighted by atomic mass is 16.7. The zero-order chi connectivity index (χ0) is 45.3. The first-order chi connectivity index (χ1) is 30.7. The summed E-state index contributed by atoms with van der Waals surface area (Å²) < 4.78 is 30.6. The average Bonchev–Trinajstić information content (AvgIpc) is 3.80. The first-order valence-electron chi connectivity index (χ1n) is 26.4. The summed E-state index contributed by atoms with van der Waals surface area (Å²) in [5.74, 6) is 0. The van der Waals surface area contributed by atoms with Crippen molar-refractivity contribution in [3.8, 4) is 0 Å². The van der Waals surface area contributed by atoms with Gasteiger partial charge in [-0.05, 0) is 112 Å². The summed E-state index contributed by atoms with van der Waals surface area (Å²) in [6.07, 6.45) is 29.5. The van der Waals surface area contributed by atoms with Crippen LogP contribution < -0.4 is 10.9 Å². The van der Waals surface area contributed by atoms with E-state index in [1.807, 2.05) is 0 Å². The van der Waals surface area contributed by atoms with Gasteiger partial charge in [0.1, 0.15) is 0 Å². The first-order valence-corrected chi connectivity index (χ1v) is 26.4. The van der Waals surface area contributed by atoms with Gasteiger partial charge in [0.15, 0.2) is 0 Å². The lowest BCUT2D eigenvalue weighted by Crippen LogP contribution is -2.41. The molecular weight excluding hydrogens is 784 g/mol. The van der Waals surface area contributed by atoms with Crippen LogP contribution in [0.25, 0.3) is 54.1 Å². The Bertz CT molecular complexity index is 2390. The number of rotatable bonds is 25. The summed E-state index contributed by atoms with van der Waals surface area (Å²) in [6.45, 7) is 22.1. The lowest BCUT2D eigenvalue weighted by molar-refractivity contribution is 0.00578. The lowest BCUT2D eigenvalue weighted by Gasteiger charge is -2.32. The Morgan fingerprint density at radius 1 is 0.438 bits per heavy atom. The van der Waals surface area contributed by atoms with Gasteiger partial charge in [-0.2, -0.15) is 0 Å². The van der Waals surface area contributed by atoms with E-state index in [1.54, 1.807) is 0 Å². The SMILES string of the molecule is CCCCCCCCCCCCC(CCCCCCCCCCCC)n1c2ccc3ccc(B4OC(C)(C)C(C)(C)O4)c4c5cccc6cc(B7OC(C)(C)C(C)(C)O7)c1c(c65)c2c34. The Morgan fingerprint density at radius 3 is 1.39 bits per heavy atom. The van der Waals surface area contributed by atoms with Crippen molar-refractivity contribution in [3.05, 3.63) is 48.5 Å². The molecule has 0 aliphatic carbocycles. The summed E-state index contributed by atoms with van der Waals surface area (Å²) in [6, 6.07) is 19.1. The Hall–Kier alpha value is -2.83. The van der Waals surface area contributed by atoms with Gasteiger partial charge in [-0.15, -0.1) is 0 Å². The summed E-state index contributed by atoms with van der Waals surface area (Å²) in [5.41, 5.74) is 3.19. The highest BCUT2D eigenvalue weighted by Crippen LogP contribution is 2.49. The Morgan fingerprint density at radius 2 is 0.891 bits per heavy atom. The van der Waals surface area contributed by atoms with Crippen LogP contribution >= 0.6 is 0 Å². The molecule has 1 aromatic heterocycles. The van der Waals surface area contributed by atoms with Crippen LogP contribution in [-0.2, 0) is 18.6 Å². The molecule has 0 unspecified atom stereocenters. The van der Waals surface area contributed by atoms with Crippen LogP contribution in [0.4, 0.5) is 0 Å². The van der Waals surface area contributed by atoms with Crippen molar-refractivity contribution in [1.82, 2.24) is 4.57 Å². The van der Waals surface area contributed by atoms with Crippen LogP contribution in [0.5, 0.6) is 0 Å². The van der Waals surface area contributed by atoms with Gasteiger partial charge in [0.05, 0.1) is 27.9 Å². The number of aromatic nitrogens is 1. The molecule has 346 valence electrons. The van der Waals surface area contributed by atoms with Crippen LogP contribution in [0.3, 0.4) is 0 Å². The zero-order valence-corrected chi connectivity index (χ0v) is 42.0. The highest BCUT2D eigenvalue weighted by Gasteiger charge is 2.54. The Balaban J connectivity index is 1.23. The van der Waals surface area contributed by atoms with Gasteiger partial charge in [-0.25, -0.2) is 0 Å². The molecular formula is C57H83B2NO4. The number of hydrogen-bond donors (Lipinski definition) is 0. The molecule has 3 heterocycles. The van der Waals surface area contributed by atoms with E-state index < -0.39 is 36.6 Å². The standard InChI is InChI=1S/C57H83B2NO4/c1-11-13-15-17-19-21-23-25-27-29-33-43(34-30-28-26-24-22-20-18-16-14-12-2)60-47-39-37-41-36-38-45(58-61-54(3,4)55(5,6)62-58)50-44-35-31-32-42-40-46(59-63-56(7,8)57(9,10)64-59)53(60)52(48(42)44)51(47)49(41)50/h31-32,35-40,43H,11-30,33-34H2,1-10H3. The van der Waals surface area contributed by atoms with Crippen molar-refractivity contribution in [2.45, 2.75) is 239 Å². The van der Waals surface area contributed by atoms with Gasteiger partial charge >= 0.3 is 14.2 Å². The van der Waals surface area contributed by atoms with Crippen molar-refractivity contribution in [2.75, 3.05) is 0 Å². The molecule has 0 N–H and O–H groups in total. The molecule has 2 aliphatic rings. The summed E-state index contributed by atoms with van der Waals surface area (Å²) in [7, 11) is -0.928. The van der Waals surface area contributed by atoms with Crippen molar-refractivity contribution in [1.29, 1.82) is 0 Å². The summed E-state index contributed by atoms with van der Waals surface area (Å²) in [4.78, 5) is 0. The Labute approximate surface area is 388 Å². The minimum absolute atomic E-state index is 0.374. The van der Waals surface area contributed by atoms with Crippen LogP contribution in [-0.4, -0.2) is 41.2 Å². The minimum Gasteiger partial charge on any atom is -0.399 e. The molecule has 7 heteroatoms. The second-order valence-corrected chi connectivity index (χ2v) is 22.3. The third-order valence-corrected chi connectivity index (χ3v) is 16.5. The van der Waals surface area contributed by atoms with Gasteiger partial charge in [0, 0.05) is 27.8 Å². The van der Waals surface area contributed by atoms with Crippen molar-refractivity contribution >= 4 is 79.3 Å². The Kier molecular flexibility index (Phi) is 14.7. The number of fused-ring (bicyclic) bond motifs is 1. The maximum absolute atomic E-state index is 7.03. The molecule has 2 fully saturated rings. The predicted octanol–water partition coefficient (Wildman–Crippen LogP) is 15.9. The third kappa shape index (κ3) is 9.24. The fourth-order valence-electron chi connectivity index (χ4n) is 11.3. The number of unbranched alkanes of at least 4 members (excludes halogenated alkanes) is 18. The maximum atomic E-state index is 7.03. The number of hydrogen-bond acceptors (Lipinski definition) is 4. The fourth-order valence-corrected chi connectivity index (χ4v) is 11.3. The van der Waals surface area contributed by atoms with E-state index in [1.165, 1.54) is 201 Å². The van der Waals surface area contributed by atoms with Crippen molar-refractivity contribution in [3.63, 3.8) is 0 Å². The van der Waals surface area contributed by atoms with E-state index in [0.717, 1.165) is 5.46 Å². The maximum Gasteiger partial charge on any atom is 0.497 e. The van der Waals surface area contributed by atoms with Gasteiger partial charge in [0.25, 0.3) is 0 Å². The largest absolute Gasteiger partial charge is 0.497 e. The van der Waals surface area contributed by atoms with E-state index in [9.17, 15) is 0 Å². The molecule has 6 aromatic rings. The monoisotopic (exact) mass is 868 g/mol. The molecule has 5 nitrogen and oxygen atoms in total. The molecule has 0 bridgehead atoms. The molecule has 0 saturated carbocycles. The quantitative estimate of drug-likeness (QED) is 0.0249. The zero-order valence-electron chi connectivity index (χ0n) is 42.0. The van der Waals surface area contributed by atoms with E-state index in [-0.39, 0.29) is 0 Å². The van der Waals surface area contributed by atoms with E-state index in [2.05, 4.69) is 122 Å². The summed E-state index contributed by atoms with van der Waals surface area (Å²) >= 11 is 0. The van der Waals surface area contributed by atoms with Crippen LogP contribution in [0.2, 0.25) is 0 Å². The summed E-state index contributed by atoms with van der Waals surface area (Å²) in [5, 5.41) is 10.5. The number of benzene rings is 5. The number of nitrogens with zero attached hydrogens (tertiary/aromatic N) is 1. The van der Waals surface area contributed by atoms with E-state index in [0.29, 0.717) is 6.04 Å². The van der Waals surface area contributed by atoms with Gasteiger partial charge in [0.2, 0.25) is 0 Å². The third-order valence-electron chi connectivity index (χ3n) is 16.5. The van der Waals surface area contributed by atoms with Crippen LogP contribution in [0, 0.1) is 0 Å². The van der Waals surface area contributed by atoms with Gasteiger partial charge in [-0.3, -0.25) is 0 Å². The van der Waals surface area contributed by atoms with Crippen LogP contribution in [0.15, 0.2) is 48.5 Å². The molecule has 64 heavy (non-hydrogen) atoms. The molecule has 0 atom stereocenters. The first kappa shape index (κ1) is 47.7. The lowest BCUT2D eigenvalue weighted by atomic mass is 9.72. The van der Waals surface area contributed by atoms with E-state index >= 15 is 0 Å².